The van der Waals surface area contributed by atoms with Crippen LogP contribution in [-0.2, 0) is 117 Å². The van der Waals surface area contributed by atoms with E-state index < -0.39 is 65.0 Å². The number of aromatic carboxylic acids is 1. The molecule has 10 aromatic rings. The number of carboxylic acids is 1. The Morgan fingerprint density at radius 1 is 0.393 bits per heavy atom. The molecule has 0 aliphatic carbocycles. The number of carbonyl (C=O) groups is 13. The van der Waals surface area contributed by atoms with Crippen LogP contribution in [0.15, 0.2) is 123 Å². The number of rotatable bonds is 57. The van der Waals surface area contributed by atoms with Crippen LogP contribution in [0.2, 0.25) is 0 Å². The number of nitrogens with one attached hydrogen (secondary N) is 12. The van der Waals surface area contributed by atoms with E-state index in [1.54, 1.807) is 118 Å². The second-order valence-electron chi connectivity index (χ2n) is 30.6. The van der Waals surface area contributed by atoms with Gasteiger partial charge in [-0.1, -0.05) is 30.7 Å². The van der Waals surface area contributed by atoms with Crippen molar-refractivity contribution >= 4 is 117 Å². The third-order valence-corrected chi connectivity index (χ3v) is 19.9. The lowest BCUT2D eigenvalue weighted by atomic mass is 10.1. The Morgan fingerprint density at radius 2 is 0.844 bits per heavy atom. The maximum atomic E-state index is 13.4. The smallest absolute Gasteiger partial charge is 0.335 e. The van der Waals surface area contributed by atoms with Crippen LogP contribution in [0.5, 0.6) is 5.75 Å². The molecule has 0 atom stereocenters. The fourth-order valence-electron chi connectivity index (χ4n) is 13.0. The molecule has 0 aliphatic rings. The Kier molecular flexibility index (Phi) is 39.3. The number of aryl methyl sites for hydroxylation is 7. The molecule has 0 saturated heterocycles. The summed E-state index contributed by atoms with van der Waals surface area (Å²) in [4.78, 5) is 186. The minimum Gasteiger partial charge on any atom is -0.487 e. The monoisotopic (exact) mass is 1870 g/mol. The van der Waals surface area contributed by atoms with Crippen LogP contribution >= 0.6 is 0 Å². The molecule has 0 fully saturated rings. The summed E-state index contributed by atoms with van der Waals surface area (Å²) in [6.45, 7) is 8.12. The minimum atomic E-state index is -1.00. The van der Waals surface area contributed by atoms with Gasteiger partial charge in [-0.2, -0.15) is 0 Å². The van der Waals surface area contributed by atoms with Gasteiger partial charge in [0.2, 0.25) is 41.1 Å². The zero-order valence-electron chi connectivity index (χ0n) is 76.2. The molecule has 13 amide bonds. The van der Waals surface area contributed by atoms with Crippen LogP contribution < -0.4 is 68.5 Å². The van der Waals surface area contributed by atoms with Gasteiger partial charge < -0.3 is 139 Å². The second kappa shape index (κ2) is 52.1. The summed E-state index contributed by atoms with van der Waals surface area (Å²) in [5.74, 6) is -5.80. The summed E-state index contributed by atoms with van der Waals surface area (Å²) in [5.41, 5.74) is 3.73. The van der Waals surface area contributed by atoms with Gasteiger partial charge in [-0.3, -0.25) is 52.7 Å². The first kappa shape index (κ1) is 102. The molecule has 48 heteroatoms. The fourth-order valence-corrected chi connectivity index (χ4v) is 13.0. The molecule has 13 N–H and O–H groups in total. The van der Waals surface area contributed by atoms with Crippen molar-refractivity contribution < 1.29 is 101 Å². The fraction of sp³-hybridized carbons (Fsp3) is 0.414. The number of hydrogen-bond donors (Lipinski definition) is 13. The Morgan fingerprint density at radius 3 is 1.36 bits per heavy atom. The number of urea groups is 1. The van der Waals surface area contributed by atoms with Crippen molar-refractivity contribution in [2.24, 2.45) is 49.3 Å². The number of nitrogens with zero attached hydrogens (tertiary/aromatic N) is 15. The molecule has 48 nitrogen and oxygen atoms in total. The van der Waals surface area contributed by atoms with Gasteiger partial charge in [0.25, 0.3) is 41.4 Å². The number of amides is 13. The largest absolute Gasteiger partial charge is 0.487 e. The number of anilines is 7. The molecule has 0 saturated carbocycles. The van der Waals surface area contributed by atoms with Crippen LogP contribution in [0.3, 0.4) is 0 Å². The van der Waals surface area contributed by atoms with E-state index in [0.717, 1.165) is 18.4 Å². The van der Waals surface area contributed by atoms with Crippen LogP contribution in [-0.4, -0.2) is 272 Å². The predicted molar refractivity (Wildman–Crippen MR) is 488 cm³/mol. The minimum absolute atomic E-state index is 0.000685. The Labute approximate surface area is 774 Å². The summed E-state index contributed by atoms with van der Waals surface area (Å²) in [7, 11) is 11.2. The van der Waals surface area contributed by atoms with Gasteiger partial charge in [0, 0.05) is 176 Å². The molecular weight excluding hydrogens is 1760 g/mol. The summed E-state index contributed by atoms with van der Waals surface area (Å²) in [6, 6.07) is 17.6. The molecule has 8 heterocycles. The third-order valence-electron chi connectivity index (χ3n) is 19.9. The number of benzene rings is 2. The van der Waals surface area contributed by atoms with Crippen molar-refractivity contribution in [3.8, 4) is 5.75 Å². The molecule has 0 unspecified atom stereocenters. The number of ether oxygens (including phenoxy) is 7. The molecular formula is C87H113N27O21. The molecule has 10 rings (SSSR count). The molecule has 8 aromatic heterocycles. The average molecular weight is 1870 g/mol. The first-order valence-corrected chi connectivity index (χ1v) is 43.3. The van der Waals surface area contributed by atoms with Gasteiger partial charge in [0.15, 0.2) is 23.3 Å². The predicted octanol–water partition coefficient (Wildman–Crippen LogP) is 3.80. The third kappa shape index (κ3) is 32.9. The quantitative estimate of drug-likeness (QED) is 0.0241. The van der Waals surface area contributed by atoms with Crippen molar-refractivity contribution in [2.75, 3.05) is 156 Å². The van der Waals surface area contributed by atoms with Crippen LogP contribution in [0.1, 0.15) is 147 Å². The van der Waals surface area contributed by atoms with E-state index in [4.69, 9.17) is 33.2 Å². The first-order chi connectivity index (χ1) is 65.0. The van der Waals surface area contributed by atoms with Gasteiger partial charge in [-0.15, -0.1) is 5.10 Å². The lowest BCUT2D eigenvalue weighted by Gasteiger charge is -2.23. The van der Waals surface area contributed by atoms with Crippen molar-refractivity contribution in [3.05, 3.63) is 180 Å². The zero-order valence-corrected chi connectivity index (χ0v) is 76.2. The number of hydrogen-bond acceptors (Lipinski definition) is 26. The summed E-state index contributed by atoms with van der Waals surface area (Å²) >= 11 is 0. The molecule has 0 bridgehead atoms. The molecule has 2 aromatic carbocycles. The number of aromatic nitrogens is 14. The number of carboxylic acid groups (broad SMARTS) is 1. The lowest BCUT2D eigenvalue weighted by molar-refractivity contribution is -0.121. The van der Waals surface area contributed by atoms with Crippen molar-refractivity contribution in [3.63, 3.8) is 0 Å². The molecule has 0 radical (unpaired) electrons. The SMILES string of the molecule is CCCCN(Cc1ccc(C(=O)O)cc1)C(=O)Nc1ccc(OCc2cn(CCOCCOCCOCCOCCOCCOCCNC(=O)CCNC(=O)c3nc(NC(=O)c4cc(NC(=O)CCNC(=O)c5nc(NC(=O)CCCNC(=O)c6cc(NC(=O)c7nc(NC(=O)CCNC(=O)c8cc(NC(=O)c9nccn9C)cn8C)cn7C)cn6C)cn5C)cn4C)cn3C)nn2)cc1. The van der Waals surface area contributed by atoms with E-state index in [9.17, 15) is 67.4 Å². The van der Waals surface area contributed by atoms with Gasteiger partial charge in [-0.05, 0) is 73.0 Å². The van der Waals surface area contributed by atoms with Crippen molar-refractivity contribution in [1.29, 1.82) is 0 Å². The highest BCUT2D eigenvalue weighted by Gasteiger charge is 2.25. The topological polar surface area (TPSA) is 571 Å². The highest BCUT2D eigenvalue weighted by molar-refractivity contribution is 6.06. The number of unbranched alkanes of at least 4 members (excludes halogenated alkanes) is 1. The molecule has 722 valence electrons. The van der Waals surface area contributed by atoms with Crippen LogP contribution in [0.25, 0.3) is 0 Å². The Hall–Kier alpha value is -15.3. The Bertz CT molecular complexity index is 5700. The van der Waals surface area contributed by atoms with Crippen molar-refractivity contribution in [2.45, 2.75) is 71.6 Å². The highest BCUT2D eigenvalue weighted by Crippen LogP contribution is 2.23. The Balaban J connectivity index is 0.492. The summed E-state index contributed by atoms with van der Waals surface area (Å²) in [6.07, 6.45) is 15.4. The van der Waals surface area contributed by atoms with E-state index in [-0.39, 0.29) is 165 Å². The maximum Gasteiger partial charge on any atom is 0.335 e. The van der Waals surface area contributed by atoms with Crippen molar-refractivity contribution in [1.82, 2.24) is 98.4 Å². The van der Waals surface area contributed by atoms with Crippen LogP contribution in [0.4, 0.5) is 45.0 Å². The molecule has 0 spiro atoms. The number of carbonyl (C=O) groups excluding carboxylic acids is 12. The van der Waals surface area contributed by atoms with Gasteiger partial charge in [-0.25, -0.2) is 34.2 Å². The average Bonchev–Trinajstić information content (AvgIpc) is 1.73. The van der Waals surface area contributed by atoms with Gasteiger partial charge >= 0.3 is 12.0 Å². The molecule has 135 heavy (non-hydrogen) atoms. The highest BCUT2D eigenvalue weighted by atomic mass is 16.6. The second-order valence-corrected chi connectivity index (χ2v) is 30.6. The van der Waals surface area contributed by atoms with E-state index in [1.807, 2.05) is 6.92 Å². The summed E-state index contributed by atoms with van der Waals surface area (Å²) in [5, 5.41) is 49.9. The lowest BCUT2D eigenvalue weighted by Crippen LogP contribution is -2.35. The normalized spacial score (nSPS) is 11.1. The van der Waals surface area contributed by atoms with Crippen LogP contribution in [0, 0.1) is 0 Å². The first-order valence-electron chi connectivity index (χ1n) is 43.3. The van der Waals surface area contributed by atoms with Gasteiger partial charge in [0.05, 0.1) is 115 Å². The van der Waals surface area contributed by atoms with E-state index in [0.29, 0.717) is 115 Å². The van der Waals surface area contributed by atoms with E-state index in [2.05, 4.69) is 94.0 Å². The number of imidazole rings is 4. The van der Waals surface area contributed by atoms with E-state index >= 15 is 0 Å². The van der Waals surface area contributed by atoms with Gasteiger partial charge in [0.1, 0.15) is 35.1 Å². The standard InChI is InChI=1S/C87H113N27O21/c1-9-10-30-113(48-57-13-15-58(16-14-57)86(126)127)87(128)97-59-17-19-64(20-18-59)135-56-63-52-114(105-104-63)32-34-130-36-38-132-40-42-134-44-43-133-41-39-131-37-35-129-33-29-88-71(115)21-25-92-83(123)77-102-70(55-111(77)7)103-81(121)67-45-60(49-109(67)5)94-73(117)22-27-93-82(122)76-100-68(53-110(76)6)98-72(116)12-11-24-90-79(119)65-47-62(51-107(65)3)96-85(125)78-101-69(54-112(78)8)99-74(118)23-26-91-80(120)66-46-61(50-108(66)4)95-84(124)75-89-28-31-106(75)2/h13-20,28,31,45-47,49-55H,9-12,21-27,29-30,32-44,48,56H2,1-8H3,(H,88,115)(H,90,119)(H,91,120)(H,92,123)(H,93,122)(H,94,117)(H,95,124)(H,96,125)(H,97,128)(H,98,116)(H,99,118)(H,103,121)(H,126,127). The zero-order chi connectivity index (χ0) is 96.7. The maximum absolute atomic E-state index is 13.4. The molecule has 0 aliphatic heterocycles. The summed E-state index contributed by atoms with van der Waals surface area (Å²) < 4.78 is 51.3. The van der Waals surface area contributed by atoms with E-state index in [1.165, 1.54) is 94.9 Å².